The molecular formula is C14H24ClN3OS. The summed E-state index contributed by atoms with van der Waals surface area (Å²) in [5.41, 5.74) is 5.69. The van der Waals surface area contributed by atoms with Gasteiger partial charge in [0, 0.05) is 30.7 Å². The van der Waals surface area contributed by atoms with Gasteiger partial charge in [-0.2, -0.15) is 0 Å². The molecule has 114 valence electrons. The number of hydrogen-bond donors (Lipinski definition) is 1. The average Bonchev–Trinajstić information content (AvgIpc) is 2.85. The van der Waals surface area contributed by atoms with E-state index in [1.165, 1.54) is 37.0 Å². The second-order valence-electron chi connectivity index (χ2n) is 5.71. The quantitative estimate of drug-likeness (QED) is 0.931. The van der Waals surface area contributed by atoms with E-state index in [1.807, 2.05) is 6.20 Å². The molecule has 0 spiro atoms. The summed E-state index contributed by atoms with van der Waals surface area (Å²) in [7, 11) is 0. The molecule has 1 aromatic heterocycles. The second-order valence-corrected chi connectivity index (χ2v) is 6.85. The van der Waals surface area contributed by atoms with Gasteiger partial charge in [0.2, 0.25) is 0 Å². The van der Waals surface area contributed by atoms with Crippen LogP contribution in [0.25, 0.3) is 0 Å². The zero-order valence-corrected chi connectivity index (χ0v) is 13.4. The number of morpholine rings is 1. The Bertz CT molecular complexity index is 409. The molecule has 2 N–H and O–H groups in total. The molecule has 1 aliphatic heterocycles. The smallest absolute Gasteiger partial charge is 0.180 e. The van der Waals surface area contributed by atoms with Gasteiger partial charge in [-0.15, -0.1) is 23.7 Å². The number of aromatic nitrogens is 1. The molecule has 1 aliphatic carbocycles. The first-order chi connectivity index (χ1) is 9.31. The van der Waals surface area contributed by atoms with Gasteiger partial charge in [-0.25, -0.2) is 4.98 Å². The molecule has 1 saturated carbocycles. The van der Waals surface area contributed by atoms with Gasteiger partial charge in [-0.05, 0) is 18.8 Å². The van der Waals surface area contributed by atoms with E-state index in [-0.39, 0.29) is 12.4 Å². The molecule has 1 atom stereocenters. The largest absolute Gasteiger partial charge is 0.375 e. The molecule has 0 aromatic carbocycles. The van der Waals surface area contributed by atoms with Crippen LogP contribution in [-0.4, -0.2) is 35.7 Å². The average molecular weight is 318 g/mol. The summed E-state index contributed by atoms with van der Waals surface area (Å²) < 4.78 is 6.01. The van der Waals surface area contributed by atoms with Gasteiger partial charge in [0.05, 0.1) is 12.7 Å². The molecule has 0 radical (unpaired) electrons. The van der Waals surface area contributed by atoms with E-state index >= 15 is 0 Å². The third-order valence-corrected chi connectivity index (χ3v) is 5.12. The summed E-state index contributed by atoms with van der Waals surface area (Å²) in [6, 6.07) is 0. The molecule has 0 bridgehead atoms. The van der Waals surface area contributed by atoms with E-state index in [0.29, 0.717) is 11.2 Å². The maximum absolute atomic E-state index is 6.01. The van der Waals surface area contributed by atoms with Gasteiger partial charge in [0.15, 0.2) is 5.13 Å². The summed E-state index contributed by atoms with van der Waals surface area (Å²) in [6.45, 7) is 3.94. The lowest BCUT2D eigenvalue weighted by Crippen LogP contribution is -2.45. The van der Waals surface area contributed by atoms with Crippen LogP contribution in [0.4, 0.5) is 5.13 Å². The van der Waals surface area contributed by atoms with E-state index in [4.69, 9.17) is 10.5 Å². The van der Waals surface area contributed by atoms with Crippen LogP contribution in [0.2, 0.25) is 0 Å². The lowest BCUT2D eigenvalue weighted by Gasteiger charge is -2.38. The minimum Gasteiger partial charge on any atom is -0.375 e. The third-order valence-electron chi connectivity index (χ3n) is 4.30. The maximum Gasteiger partial charge on any atom is 0.180 e. The molecule has 0 amide bonds. The van der Waals surface area contributed by atoms with E-state index in [9.17, 15) is 0 Å². The Morgan fingerprint density at radius 3 is 2.85 bits per heavy atom. The fourth-order valence-corrected chi connectivity index (χ4v) is 4.01. The van der Waals surface area contributed by atoms with Crippen LogP contribution >= 0.6 is 23.7 Å². The molecule has 3 rings (SSSR count). The monoisotopic (exact) mass is 317 g/mol. The van der Waals surface area contributed by atoms with Gasteiger partial charge in [0.25, 0.3) is 0 Å². The Morgan fingerprint density at radius 2 is 2.15 bits per heavy atom. The molecule has 1 unspecified atom stereocenters. The van der Waals surface area contributed by atoms with Gasteiger partial charge < -0.3 is 10.5 Å². The molecular weight excluding hydrogens is 294 g/mol. The number of thiazole rings is 1. The van der Waals surface area contributed by atoms with E-state index in [1.54, 1.807) is 11.3 Å². The van der Waals surface area contributed by atoms with Crippen LogP contribution in [0.5, 0.6) is 0 Å². The van der Waals surface area contributed by atoms with Crippen LogP contribution < -0.4 is 5.73 Å². The highest BCUT2D eigenvalue weighted by Crippen LogP contribution is 2.30. The van der Waals surface area contributed by atoms with Crippen LogP contribution in [0.15, 0.2) is 6.20 Å². The fourth-order valence-electron chi connectivity index (χ4n) is 3.28. The number of nitrogen functional groups attached to an aromatic ring is 1. The van der Waals surface area contributed by atoms with Gasteiger partial charge >= 0.3 is 0 Å². The summed E-state index contributed by atoms with van der Waals surface area (Å²) in [5, 5.41) is 0.673. The minimum atomic E-state index is 0. The molecule has 2 heterocycles. The normalized spacial score (nSPS) is 25.3. The van der Waals surface area contributed by atoms with Crippen molar-refractivity contribution in [3.63, 3.8) is 0 Å². The van der Waals surface area contributed by atoms with Gasteiger partial charge in [-0.3, -0.25) is 4.90 Å². The summed E-state index contributed by atoms with van der Waals surface area (Å²) in [4.78, 5) is 7.89. The molecule has 2 fully saturated rings. The molecule has 4 nitrogen and oxygen atoms in total. The Morgan fingerprint density at radius 1 is 1.35 bits per heavy atom. The topological polar surface area (TPSA) is 51.4 Å². The fraction of sp³-hybridized carbons (Fsp3) is 0.786. The Kier molecular flexibility index (Phi) is 6.08. The van der Waals surface area contributed by atoms with Crippen molar-refractivity contribution in [3.05, 3.63) is 11.1 Å². The third kappa shape index (κ3) is 4.07. The number of anilines is 1. The maximum atomic E-state index is 6.01. The van der Waals surface area contributed by atoms with Crippen molar-refractivity contribution in [3.8, 4) is 0 Å². The molecule has 1 aromatic rings. The number of halogens is 1. The number of hydrogen-bond acceptors (Lipinski definition) is 5. The minimum absolute atomic E-state index is 0. The first-order valence-corrected chi connectivity index (χ1v) is 8.17. The first kappa shape index (κ1) is 16.0. The van der Waals surface area contributed by atoms with Crippen molar-refractivity contribution in [2.45, 2.75) is 44.8 Å². The second kappa shape index (κ2) is 7.59. The van der Waals surface area contributed by atoms with Crippen LogP contribution in [0.1, 0.15) is 37.0 Å². The van der Waals surface area contributed by atoms with Crippen molar-refractivity contribution < 1.29 is 4.74 Å². The molecule has 20 heavy (non-hydrogen) atoms. The van der Waals surface area contributed by atoms with Crippen LogP contribution in [0.3, 0.4) is 0 Å². The van der Waals surface area contributed by atoms with Crippen molar-refractivity contribution in [1.29, 1.82) is 0 Å². The predicted octanol–water partition coefficient (Wildman–Crippen LogP) is 2.93. The van der Waals surface area contributed by atoms with E-state index < -0.39 is 0 Å². The highest BCUT2D eigenvalue weighted by molar-refractivity contribution is 7.15. The van der Waals surface area contributed by atoms with Crippen molar-refractivity contribution in [2.24, 2.45) is 5.92 Å². The Hall–Kier alpha value is -0.360. The zero-order chi connectivity index (χ0) is 13.1. The molecule has 2 aliphatic rings. The first-order valence-electron chi connectivity index (χ1n) is 7.35. The van der Waals surface area contributed by atoms with Crippen LogP contribution in [-0.2, 0) is 11.3 Å². The number of rotatable bonds is 3. The van der Waals surface area contributed by atoms with E-state index in [2.05, 4.69) is 9.88 Å². The number of ether oxygens (including phenoxy) is 1. The highest BCUT2D eigenvalue weighted by atomic mass is 35.5. The van der Waals surface area contributed by atoms with E-state index in [0.717, 1.165) is 32.2 Å². The SMILES string of the molecule is Cl.Nc1ncc(CN2CCOC(C3CCCCC3)C2)s1. The number of nitrogens with zero attached hydrogens (tertiary/aromatic N) is 2. The lowest BCUT2D eigenvalue weighted by atomic mass is 9.84. The Labute approximate surface area is 131 Å². The zero-order valence-electron chi connectivity index (χ0n) is 11.8. The van der Waals surface area contributed by atoms with Crippen LogP contribution in [0, 0.1) is 5.92 Å². The lowest BCUT2D eigenvalue weighted by molar-refractivity contribution is -0.0668. The van der Waals surface area contributed by atoms with Gasteiger partial charge in [0.1, 0.15) is 0 Å². The Balaban J connectivity index is 0.00000147. The van der Waals surface area contributed by atoms with Crippen molar-refractivity contribution in [1.82, 2.24) is 9.88 Å². The number of nitrogens with two attached hydrogens (primary N) is 1. The predicted molar refractivity (Wildman–Crippen MR) is 85.4 cm³/mol. The highest BCUT2D eigenvalue weighted by Gasteiger charge is 2.29. The summed E-state index contributed by atoms with van der Waals surface area (Å²) >= 11 is 1.60. The van der Waals surface area contributed by atoms with Gasteiger partial charge in [-0.1, -0.05) is 19.3 Å². The summed E-state index contributed by atoms with van der Waals surface area (Å²) in [6.07, 6.45) is 9.24. The molecule has 1 saturated heterocycles. The standard InChI is InChI=1S/C14H23N3OS.ClH/c15-14-16-8-12(19-14)9-17-6-7-18-13(10-17)11-4-2-1-3-5-11;/h8,11,13H,1-7,9-10H2,(H2,15,16);1H. The summed E-state index contributed by atoms with van der Waals surface area (Å²) in [5.74, 6) is 0.781. The van der Waals surface area contributed by atoms with Crippen molar-refractivity contribution in [2.75, 3.05) is 25.4 Å². The van der Waals surface area contributed by atoms with Crippen molar-refractivity contribution >= 4 is 28.9 Å². The molecule has 6 heteroatoms.